The summed E-state index contributed by atoms with van der Waals surface area (Å²) in [6.07, 6.45) is -0.0683. The van der Waals surface area contributed by atoms with Crippen LogP contribution in [-0.2, 0) is 29.1 Å². The molecule has 4 bridgehead atoms. The molecular weight excluding hydrogens is 809 g/mol. The predicted octanol–water partition coefficient (Wildman–Crippen LogP) is 4.61. The molecule has 328 valence electrons. The fourth-order valence-electron chi connectivity index (χ4n) is 8.15. The monoisotopic (exact) mass is 862 g/mol. The number of nitrogens with zero attached hydrogens (tertiary/aromatic N) is 3. The van der Waals surface area contributed by atoms with Gasteiger partial charge in [-0.25, -0.2) is 23.2 Å². The Morgan fingerprint density at radius 1 is 0.967 bits per heavy atom. The molecule has 3 fully saturated rings. The first-order valence-corrected chi connectivity index (χ1v) is 22.4. The lowest BCUT2D eigenvalue weighted by atomic mass is 9.85. The summed E-state index contributed by atoms with van der Waals surface area (Å²) < 4.78 is 58.5. The topological polar surface area (TPSA) is 214 Å². The summed E-state index contributed by atoms with van der Waals surface area (Å²) in [7, 11) is -3.91. The summed E-state index contributed by atoms with van der Waals surface area (Å²) >= 11 is 0. The van der Waals surface area contributed by atoms with Crippen molar-refractivity contribution in [2.24, 2.45) is 16.7 Å². The summed E-state index contributed by atoms with van der Waals surface area (Å²) in [6.45, 7) is 14.6. The molecule has 4 amide bonds. The Hall–Kier alpha value is -5.39. The third kappa shape index (κ3) is 8.60. The molecular formula is C43H54N6O11S. The number of carbonyl (C=O) groups is 4. The summed E-state index contributed by atoms with van der Waals surface area (Å²) in [6, 6.07) is 8.35. The van der Waals surface area contributed by atoms with E-state index in [1.165, 1.54) is 4.90 Å². The van der Waals surface area contributed by atoms with Crippen LogP contribution in [0.5, 0.6) is 23.1 Å². The lowest BCUT2D eigenvalue weighted by Crippen LogP contribution is -2.60. The third-order valence-corrected chi connectivity index (χ3v) is 13.6. The molecule has 18 heteroatoms. The second-order valence-corrected chi connectivity index (χ2v) is 21.2. The summed E-state index contributed by atoms with van der Waals surface area (Å²) in [5.74, 6) is -1.66. The van der Waals surface area contributed by atoms with Crippen molar-refractivity contribution in [3.63, 3.8) is 0 Å². The molecule has 0 radical (unpaired) electrons. The zero-order valence-electron chi connectivity index (χ0n) is 35.7. The van der Waals surface area contributed by atoms with Gasteiger partial charge in [-0.05, 0) is 42.7 Å². The molecule has 5 aliphatic rings. The second kappa shape index (κ2) is 14.9. The van der Waals surface area contributed by atoms with Gasteiger partial charge in [0.1, 0.15) is 41.8 Å². The number of aromatic nitrogens is 2. The highest BCUT2D eigenvalue weighted by atomic mass is 32.2. The highest BCUT2D eigenvalue weighted by Gasteiger charge is 2.62. The number of rotatable bonds is 6. The molecule has 0 spiro atoms. The van der Waals surface area contributed by atoms with E-state index in [0.717, 1.165) is 0 Å². The zero-order valence-corrected chi connectivity index (χ0v) is 36.6. The first-order valence-electron chi connectivity index (χ1n) is 20.8. The Labute approximate surface area is 355 Å². The normalized spacial score (nSPS) is 27.0. The van der Waals surface area contributed by atoms with Gasteiger partial charge < -0.3 is 39.2 Å². The molecule has 8 rings (SSSR count). The molecule has 61 heavy (non-hydrogen) atoms. The van der Waals surface area contributed by atoms with E-state index in [9.17, 15) is 27.6 Å². The molecule has 3 aromatic rings. The van der Waals surface area contributed by atoms with Crippen LogP contribution < -0.4 is 34.3 Å². The maximum absolute atomic E-state index is 14.8. The zero-order chi connectivity index (χ0) is 43.9. The molecule has 4 heterocycles. The van der Waals surface area contributed by atoms with Gasteiger partial charge in [-0.2, -0.15) is 0 Å². The fourth-order valence-corrected chi connectivity index (χ4v) is 9.51. The Morgan fingerprint density at radius 3 is 2.28 bits per heavy atom. The summed E-state index contributed by atoms with van der Waals surface area (Å²) in [5, 5.41) is 4.99. The number of cyclic esters (lactones) is 1. The van der Waals surface area contributed by atoms with E-state index in [1.54, 1.807) is 58.9 Å². The average Bonchev–Trinajstić information content (AvgIpc) is 4.09. The predicted molar refractivity (Wildman–Crippen MR) is 221 cm³/mol. The van der Waals surface area contributed by atoms with E-state index in [2.05, 4.69) is 15.4 Å². The number of hydrogen-bond donors (Lipinski definition) is 3. The standard InChI is InChI=1S/C43H54N6O11S/c1-9-24-19-43(24,38(52)48-61(54,55)27-13-14-27)47-35(50)30-16-26-20-49(30)37(51)34(40(2,3)4)46-39(53)57-22-41(5,6)21-56-25-12-10-11-23(15-25)33-36(58-26)45-29-18-32-31(17-28(29)44-33)59-42(7,8)60-32/h10-12,15,17-18,24,26-27,30,34H,9,13-14,16,19-22H2,1-8H3,(H,46,53)(H,47,50)(H,48,52)/t24-,26-,30+,34-,43-/m1/s1. The van der Waals surface area contributed by atoms with Crippen LogP contribution in [0.25, 0.3) is 22.3 Å². The van der Waals surface area contributed by atoms with Crippen molar-refractivity contribution in [1.82, 2.24) is 30.2 Å². The van der Waals surface area contributed by atoms with Crippen molar-refractivity contribution in [1.29, 1.82) is 0 Å². The quantitative estimate of drug-likeness (QED) is 0.310. The highest BCUT2D eigenvalue weighted by molar-refractivity contribution is 7.91. The second-order valence-electron chi connectivity index (χ2n) is 19.2. The Morgan fingerprint density at radius 2 is 1.64 bits per heavy atom. The Bertz CT molecular complexity index is 2410. The molecule has 2 aliphatic carbocycles. The molecule has 0 unspecified atom stereocenters. The van der Waals surface area contributed by atoms with Crippen LogP contribution in [0.3, 0.4) is 0 Å². The third-order valence-electron chi connectivity index (χ3n) is 11.8. The molecule has 1 saturated heterocycles. The fraction of sp³-hybridized carbons (Fsp3) is 0.581. The van der Waals surface area contributed by atoms with Crippen LogP contribution in [0.1, 0.15) is 87.5 Å². The number of ether oxygens (including phenoxy) is 5. The number of fused-ring (bicyclic) bond motifs is 8. The number of benzene rings is 2. The van der Waals surface area contributed by atoms with Crippen LogP contribution in [0, 0.1) is 16.7 Å². The van der Waals surface area contributed by atoms with Crippen molar-refractivity contribution in [3.05, 3.63) is 36.4 Å². The number of amides is 4. The van der Waals surface area contributed by atoms with Crippen LogP contribution in [0.4, 0.5) is 4.79 Å². The first-order chi connectivity index (χ1) is 28.6. The van der Waals surface area contributed by atoms with Crippen LogP contribution in [0.2, 0.25) is 0 Å². The maximum atomic E-state index is 14.8. The number of hydrogen-bond acceptors (Lipinski definition) is 13. The maximum Gasteiger partial charge on any atom is 0.407 e. The Kier molecular flexibility index (Phi) is 10.3. The van der Waals surface area contributed by atoms with E-state index in [0.29, 0.717) is 58.8 Å². The van der Waals surface area contributed by atoms with Gasteiger partial charge in [0.15, 0.2) is 11.5 Å². The molecule has 3 N–H and O–H groups in total. The van der Waals surface area contributed by atoms with Gasteiger partial charge in [0.2, 0.25) is 33.5 Å². The smallest absolute Gasteiger partial charge is 0.407 e. The van der Waals surface area contributed by atoms with Gasteiger partial charge >= 0.3 is 6.09 Å². The summed E-state index contributed by atoms with van der Waals surface area (Å²) in [5.41, 5.74) is -1.09. The Balaban J connectivity index is 1.19. The van der Waals surface area contributed by atoms with Crippen LogP contribution in [-0.4, -0.2) is 102 Å². The first kappa shape index (κ1) is 42.3. The van der Waals surface area contributed by atoms with Crippen LogP contribution in [0.15, 0.2) is 36.4 Å². The van der Waals surface area contributed by atoms with E-state index in [1.807, 2.05) is 32.9 Å². The van der Waals surface area contributed by atoms with Gasteiger partial charge in [-0.15, -0.1) is 0 Å². The van der Waals surface area contributed by atoms with Gasteiger partial charge in [-0.3, -0.25) is 19.1 Å². The number of nitrogens with one attached hydrogen (secondary N) is 3. The minimum atomic E-state index is -3.91. The van der Waals surface area contributed by atoms with Crippen molar-refractivity contribution < 1.29 is 51.3 Å². The molecule has 2 aromatic carbocycles. The lowest BCUT2D eigenvalue weighted by molar-refractivity contribution is -0.143. The largest absolute Gasteiger partial charge is 0.493 e. The van der Waals surface area contributed by atoms with Gasteiger partial charge in [0.25, 0.3) is 5.91 Å². The van der Waals surface area contributed by atoms with Crippen molar-refractivity contribution in [2.45, 2.75) is 122 Å². The number of alkyl carbamates (subject to hydrolysis) is 1. The van der Waals surface area contributed by atoms with Gasteiger partial charge in [-0.1, -0.05) is 60.1 Å². The summed E-state index contributed by atoms with van der Waals surface area (Å²) in [4.78, 5) is 67.8. The molecule has 17 nitrogen and oxygen atoms in total. The minimum Gasteiger partial charge on any atom is -0.493 e. The minimum absolute atomic E-state index is 0.0410. The van der Waals surface area contributed by atoms with E-state index in [-0.39, 0.29) is 44.4 Å². The van der Waals surface area contributed by atoms with E-state index >= 15 is 0 Å². The average molecular weight is 863 g/mol. The number of sulfonamides is 1. The van der Waals surface area contributed by atoms with Gasteiger partial charge in [0.05, 0.1) is 29.4 Å². The highest BCUT2D eigenvalue weighted by Crippen LogP contribution is 2.47. The van der Waals surface area contributed by atoms with Crippen LogP contribution >= 0.6 is 0 Å². The SMILES string of the molecule is CC[C@@H]1C[C@]1(NC(=O)[C@@H]1C[C@@H]2CN1C(=O)[C@H](C(C)(C)C)NC(=O)OCC(C)(C)COc1cccc(c1)-c1nc3cc4c(cc3nc1O2)OC(C)(C)O4)C(=O)NS(=O)(=O)C1CC1. The van der Waals surface area contributed by atoms with Gasteiger partial charge in [0, 0.05) is 43.4 Å². The lowest BCUT2D eigenvalue weighted by Gasteiger charge is -2.35. The van der Waals surface area contributed by atoms with Crippen molar-refractivity contribution in [2.75, 3.05) is 19.8 Å². The molecule has 1 aromatic heterocycles. The van der Waals surface area contributed by atoms with Crippen molar-refractivity contribution >= 4 is 44.9 Å². The van der Waals surface area contributed by atoms with E-state index in [4.69, 9.17) is 33.7 Å². The molecule has 5 atom stereocenters. The van der Waals surface area contributed by atoms with E-state index < -0.39 is 79.4 Å². The molecule has 2 saturated carbocycles. The van der Waals surface area contributed by atoms with Crippen molar-refractivity contribution in [3.8, 4) is 34.4 Å². The molecule has 3 aliphatic heterocycles. The number of carbonyl (C=O) groups excluding carboxylic acids is 4.